The minimum absolute atomic E-state index is 0.240. The van der Waals surface area contributed by atoms with Gasteiger partial charge in [-0.3, -0.25) is 15.6 Å². The highest BCUT2D eigenvalue weighted by Crippen LogP contribution is 2.20. The molecule has 4 aromatic rings. The minimum Gasteiger partial charge on any atom is -0.281 e. The van der Waals surface area contributed by atoms with Crippen molar-refractivity contribution in [3.63, 3.8) is 0 Å². The average molecular weight is 344 g/mol. The van der Waals surface area contributed by atoms with Crippen LogP contribution >= 0.6 is 0 Å². The van der Waals surface area contributed by atoms with Crippen molar-refractivity contribution in [3.8, 4) is 5.69 Å². The zero-order valence-electron chi connectivity index (χ0n) is 14.0. The molecule has 0 bridgehead atoms. The van der Waals surface area contributed by atoms with E-state index in [0.29, 0.717) is 22.4 Å². The van der Waals surface area contributed by atoms with Gasteiger partial charge in [-0.1, -0.05) is 35.9 Å². The van der Waals surface area contributed by atoms with Gasteiger partial charge in [0.2, 0.25) is 0 Å². The Labute approximate surface area is 149 Å². The minimum atomic E-state index is -0.240. The molecule has 0 aliphatic rings. The van der Waals surface area contributed by atoms with Crippen LogP contribution in [0.2, 0.25) is 0 Å². The molecule has 0 aliphatic heterocycles. The largest absolute Gasteiger partial charge is 0.281 e. The maximum absolute atomic E-state index is 12.3. The third-order valence-corrected chi connectivity index (χ3v) is 3.94. The van der Waals surface area contributed by atoms with Crippen molar-refractivity contribution >= 4 is 22.8 Å². The summed E-state index contributed by atoms with van der Waals surface area (Å²) >= 11 is 0. The summed E-state index contributed by atoms with van der Waals surface area (Å²) in [6.45, 7) is 1.94. The number of anilines is 1. The first kappa shape index (κ1) is 15.8. The summed E-state index contributed by atoms with van der Waals surface area (Å²) in [4.78, 5) is 20.8. The number of hydrazine groups is 1. The van der Waals surface area contributed by atoms with Gasteiger partial charge in [0, 0.05) is 5.56 Å². The van der Waals surface area contributed by atoms with Crippen LogP contribution in [-0.4, -0.2) is 25.7 Å². The molecule has 0 spiro atoms. The zero-order valence-corrected chi connectivity index (χ0v) is 14.0. The molecule has 128 valence electrons. The van der Waals surface area contributed by atoms with E-state index in [-0.39, 0.29) is 5.91 Å². The predicted molar refractivity (Wildman–Crippen MR) is 98.9 cm³/mol. The quantitative estimate of drug-likeness (QED) is 0.556. The van der Waals surface area contributed by atoms with E-state index >= 15 is 0 Å². The molecule has 1 amide bonds. The highest BCUT2D eigenvalue weighted by atomic mass is 16.2. The molecule has 7 nitrogen and oxygen atoms in total. The number of para-hydroxylation sites is 1. The van der Waals surface area contributed by atoms with Crippen molar-refractivity contribution in [1.29, 1.82) is 0 Å². The van der Waals surface area contributed by atoms with Gasteiger partial charge in [-0.15, -0.1) is 0 Å². The summed E-state index contributed by atoms with van der Waals surface area (Å²) in [5, 5.41) is 5.09. The number of carbonyl (C=O) groups is 1. The Bertz CT molecular complexity index is 1070. The lowest BCUT2D eigenvalue weighted by Crippen LogP contribution is -2.29. The number of carbonyl (C=O) groups excluding carboxylic acids is 1. The van der Waals surface area contributed by atoms with Gasteiger partial charge in [0.1, 0.15) is 6.33 Å². The van der Waals surface area contributed by atoms with Crippen LogP contribution in [0.25, 0.3) is 16.7 Å². The first-order valence-electron chi connectivity index (χ1n) is 8.09. The van der Waals surface area contributed by atoms with Gasteiger partial charge in [0.15, 0.2) is 11.5 Å². The smallest absolute Gasteiger partial charge is 0.269 e. The van der Waals surface area contributed by atoms with E-state index in [1.165, 1.54) is 6.33 Å². The fourth-order valence-electron chi connectivity index (χ4n) is 2.68. The van der Waals surface area contributed by atoms with Crippen molar-refractivity contribution in [1.82, 2.24) is 25.2 Å². The molecule has 2 aromatic heterocycles. The molecule has 0 saturated carbocycles. The van der Waals surface area contributed by atoms with Crippen molar-refractivity contribution < 1.29 is 4.79 Å². The number of benzene rings is 2. The highest BCUT2D eigenvalue weighted by molar-refractivity contribution is 5.96. The summed E-state index contributed by atoms with van der Waals surface area (Å²) in [6.07, 6.45) is 3.11. The van der Waals surface area contributed by atoms with Crippen LogP contribution in [0.15, 0.2) is 67.1 Å². The van der Waals surface area contributed by atoms with E-state index in [0.717, 1.165) is 11.3 Å². The van der Waals surface area contributed by atoms with Crippen LogP contribution in [0.1, 0.15) is 15.9 Å². The van der Waals surface area contributed by atoms with Crippen molar-refractivity contribution in [2.24, 2.45) is 0 Å². The van der Waals surface area contributed by atoms with Crippen molar-refractivity contribution in [2.45, 2.75) is 6.92 Å². The molecule has 7 heteroatoms. The summed E-state index contributed by atoms with van der Waals surface area (Å²) in [5.41, 5.74) is 8.68. The first-order chi connectivity index (χ1) is 12.7. The number of nitrogens with zero attached hydrogens (tertiary/aromatic N) is 4. The topological polar surface area (TPSA) is 84.7 Å². The standard InChI is InChI=1S/C19H16N6O/c1-13-6-5-7-14(10-13)19(26)24-23-17-16-11-22-25(18(16)21-12-20-17)15-8-3-2-4-9-15/h2-12H,1H3,(H,24,26)(H,20,21,23). The number of nitrogens with one attached hydrogen (secondary N) is 2. The highest BCUT2D eigenvalue weighted by Gasteiger charge is 2.12. The Hall–Kier alpha value is -3.74. The van der Waals surface area contributed by atoms with Crippen molar-refractivity contribution in [3.05, 3.63) is 78.2 Å². The van der Waals surface area contributed by atoms with Crippen LogP contribution in [0, 0.1) is 6.92 Å². The summed E-state index contributed by atoms with van der Waals surface area (Å²) in [6, 6.07) is 17.1. The molecule has 2 heterocycles. The normalized spacial score (nSPS) is 10.7. The Morgan fingerprint density at radius 3 is 2.69 bits per heavy atom. The molecule has 4 rings (SSSR count). The van der Waals surface area contributed by atoms with Gasteiger partial charge < -0.3 is 0 Å². The van der Waals surface area contributed by atoms with E-state index in [4.69, 9.17) is 0 Å². The third kappa shape index (κ3) is 2.98. The van der Waals surface area contributed by atoms with E-state index in [1.54, 1.807) is 16.9 Å². The predicted octanol–water partition coefficient (Wildman–Crippen LogP) is 2.88. The lowest BCUT2D eigenvalue weighted by Gasteiger charge is -2.09. The maximum Gasteiger partial charge on any atom is 0.269 e. The number of hydrogen-bond donors (Lipinski definition) is 2. The SMILES string of the molecule is Cc1cccc(C(=O)NNc2ncnc3c2cnn3-c2ccccc2)c1. The molecule has 0 aliphatic carbocycles. The molecule has 2 aromatic carbocycles. The zero-order chi connectivity index (χ0) is 17.9. The van der Waals surface area contributed by atoms with Crippen molar-refractivity contribution in [2.75, 3.05) is 5.43 Å². The molecule has 0 saturated heterocycles. The van der Waals surface area contributed by atoms with Gasteiger partial charge in [0.05, 0.1) is 17.3 Å². The second-order valence-corrected chi connectivity index (χ2v) is 5.80. The molecule has 0 atom stereocenters. The van der Waals surface area contributed by atoms with Crippen LogP contribution in [0.5, 0.6) is 0 Å². The van der Waals surface area contributed by atoms with E-state index in [9.17, 15) is 4.79 Å². The van der Waals surface area contributed by atoms with Gasteiger partial charge in [-0.2, -0.15) is 5.10 Å². The molecule has 26 heavy (non-hydrogen) atoms. The van der Waals surface area contributed by atoms with Gasteiger partial charge in [-0.25, -0.2) is 14.6 Å². The molecule has 0 fully saturated rings. The number of hydrogen-bond acceptors (Lipinski definition) is 5. The molecule has 0 unspecified atom stereocenters. The second-order valence-electron chi connectivity index (χ2n) is 5.80. The fourth-order valence-corrected chi connectivity index (χ4v) is 2.68. The number of amides is 1. The Morgan fingerprint density at radius 2 is 1.88 bits per heavy atom. The third-order valence-electron chi connectivity index (χ3n) is 3.94. The Morgan fingerprint density at radius 1 is 1.04 bits per heavy atom. The monoisotopic (exact) mass is 344 g/mol. The lowest BCUT2D eigenvalue weighted by atomic mass is 10.1. The number of aryl methyl sites for hydroxylation is 1. The van der Waals surface area contributed by atoms with Crippen LogP contribution < -0.4 is 10.9 Å². The Kier molecular flexibility index (Phi) is 4.03. The van der Waals surface area contributed by atoms with Gasteiger partial charge in [-0.05, 0) is 31.2 Å². The van der Waals surface area contributed by atoms with E-state index in [2.05, 4.69) is 25.9 Å². The Balaban J connectivity index is 1.60. The van der Waals surface area contributed by atoms with Crippen LogP contribution in [-0.2, 0) is 0 Å². The second kappa shape index (κ2) is 6.64. The molecule has 2 N–H and O–H groups in total. The number of aromatic nitrogens is 4. The van der Waals surface area contributed by atoms with Gasteiger partial charge in [0.25, 0.3) is 5.91 Å². The fraction of sp³-hybridized carbons (Fsp3) is 0.0526. The average Bonchev–Trinajstić information content (AvgIpc) is 3.11. The van der Waals surface area contributed by atoms with E-state index < -0.39 is 0 Å². The number of fused-ring (bicyclic) bond motifs is 1. The first-order valence-corrected chi connectivity index (χ1v) is 8.09. The summed E-state index contributed by atoms with van der Waals surface area (Å²) in [7, 11) is 0. The van der Waals surface area contributed by atoms with Crippen LogP contribution in [0.4, 0.5) is 5.82 Å². The van der Waals surface area contributed by atoms with Crippen LogP contribution in [0.3, 0.4) is 0 Å². The lowest BCUT2D eigenvalue weighted by molar-refractivity contribution is 0.0962. The summed E-state index contributed by atoms with van der Waals surface area (Å²) < 4.78 is 1.73. The maximum atomic E-state index is 12.3. The number of rotatable bonds is 4. The van der Waals surface area contributed by atoms with Gasteiger partial charge >= 0.3 is 0 Å². The van der Waals surface area contributed by atoms with E-state index in [1.807, 2.05) is 55.5 Å². The summed E-state index contributed by atoms with van der Waals surface area (Å²) in [5.74, 6) is 0.245. The molecular weight excluding hydrogens is 328 g/mol. The molecule has 0 radical (unpaired) electrons. The molecular formula is C19H16N6O.